The number of Topliss-reactive ketones (excluding diaryl/α,β-unsaturated/α-hetero) is 1. The highest BCUT2D eigenvalue weighted by Crippen LogP contribution is 2.19. The Kier molecular flexibility index (Phi) is 7.41. The van der Waals surface area contributed by atoms with Crippen LogP contribution in [0.15, 0.2) is 54.6 Å². The first-order valence-corrected chi connectivity index (χ1v) is 7.53. The fourth-order valence-electron chi connectivity index (χ4n) is 2.15. The van der Waals surface area contributed by atoms with E-state index in [1.807, 2.05) is 39.1 Å². The SMILES string of the molecule is CC.CNC(Cc1ccc(-c2ccccc2)cc1)C(C)=O. The summed E-state index contributed by atoms with van der Waals surface area (Å²) in [6.45, 7) is 5.62. The van der Waals surface area contributed by atoms with Gasteiger partial charge < -0.3 is 5.32 Å². The van der Waals surface area contributed by atoms with Gasteiger partial charge in [-0.05, 0) is 37.1 Å². The second-order valence-corrected chi connectivity index (χ2v) is 4.72. The van der Waals surface area contributed by atoms with Crippen LogP contribution >= 0.6 is 0 Å². The van der Waals surface area contributed by atoms with Crippen LogP contribution in [-0.4, -0.2) is 18.9 Å². The number of hydrogen-bond acceptors (Lipinski definition) is 2. The van der Waals surface area contributed by atoms with Crippen molar-refractivity contribution in [1.82, 2.24) is 5.32 Å². The minimum Gasteiger partial charge on any atom is -0.310 e. The molecular weight excluding hydrogens is 258 g/mol. The summed E-state index contributed by atoms with van der Waals surface area (Å²) in [4.78, 5) is 11.4. The van der Waals surface area contributed by atoms with Gasteiger partial charge >= 0.3 is 0 Å². The Hall–Kier alpha value is -1.93. The molecule has 112 valence electrons. The van der Waals surface area contributed by atoms with E-state index in [0.29, 0.717) is 0 Å². The summed E-state index contributed by atoms with van der Waals surface area (Å²) in [5.74, 6) is 0.176. The van der Waals surface area contributed by atoms with E-state index in [9.17, 15) is 4.79 Å². The molecule has 0 amide bonds. The lowest BCUT2D eigenvalue weighted by Crippen LogP contribution is -2.34. The van der Waals surface area contributed by atoms with Crippen molar-refractivity contribution in [2.75, 3.05) is 7.05 Å². The average molecular weight is 283 g/mol. The van der Waals surface area contributed by atoms with E-state index in [4.69, 9.17) is 0 Å². The van der Waals surface area contributed by atoms with Crippen molar-refractivity contribution < 1.29 is 4.79 Å². The van der Waals surface area contributed by atoms with Crippen LogP contribution in [0.3, 0.4) is 0 Å². The molecule has 0 aliphatic rings. The van der Waals surface area contributed by atoms with Gasteiger partial charge in [0.05, 0.1) is 6.04 Å². The van der Waals surface area contributed by atoms with Gasteiger partial charge in [-0.3, -0.25) is 4.79 Å². The number of carbonyl (C=O) groups is 1. The van der Waals surface area contributed by atoms with E-state index in [0.717, 1.165) is 6.42 Å². The predicted molar refractivity (Wildman–Crippen MR) is 90.5 cm³/mol. The number of likely N-dealkylation sites (N-methyl/N-ethyl adjacent to an activating group) is 1. The molecule has 1 atom stereocenters. The van der Waals surface area contributed by atoms with Gasteiger partial charge in [-0.2, -0.15) is 0 Å². The fraction of sp³-hybridized carbons (Fsp3) is 0.316. The highest BCUT2D eigenvalue weighted by Gasteiger charge is 2.11. The summed E-state index contributed by atoms with van der Waals surface area (Å²) in [7, 11) is 1.82. The van der Waals surface area contributed by atoms with Crippen LogP contribution in [0, 0.1) is 0 Å². The molecule has 1 N–H and O–H groups in total. The van der Waals surface area contributed by atoms with E-state index in [1.54, 1.807) is 6.92 Å². The van der Waals surface area contributed by atoms with Crippen LogP contribution in [0.1, 0.15) is 26.3 Å². The topological polar surface area (TPSA) is 29.1 Å². The third-order valence-electron chi connectivity index (χ3n) is 3.34. The first-order chi connectivity index (χ1) is 10.2. The summed E-state index contributed by atoms with van der Waals surface area (Å²) in [5.41, 5.74) is 3.59. The lowest BCUT2D eigenvalue weighted by Gasteiger charge is -2.13. The molecule has 21 heavy (non-hydrogen) atoms. The van der Waals surface area contributed by atoms with E-state index >= 15 is 0 Å². The zero-order valence-electron chi connectivity index (χ0n) is 13.4. The molecule has 0 spiro atoms. The third kappa shape index (κ3) is 5.16. The van der Waals surface area contributed by atoms with Crippen molar-refractivity contribution in [3.8, 4) is 11.1 Å². The van der Waals surface area contributed by atoms with Crippen LogP contribution in [0.25, 0.3) is 11.1 Å². The minimum absolute atomic E-state index is 0.0948. The first kappa shape index (κ1) is 17.1. The number of hydrogen-bond donors (Lipinski definition) is 1. The Morgan fingerprint density at radius 1 is 0.952 bits per heavy atom. The summed E-state index contributed by atoms with van der Waals surface area (Å²) in [6, 6.07) is 18.6. The van der Waals surface area contributed by atoms with Crippen LogP contribution in [0.4, 0.5) is 0 Å². The van der Waals surface area contributed by atoms with E-state index in [-0.39, 0.29) is 11.8 Å². The largest absolute Gasteiger partial charge is 0.310 e. The van der Waals surface area contributed by atoms with Crippen LogP contribution < -0.4 is 5.32 Å². The van der Waals surface area contributed by atoms with Crippen molar-refractivity contribution >= 4 is 5.78 Å². The number of benzene rings is 2. The molecule has 0 heterocycles. The molecule has 2 heteroatoms. The normalized spacial score (nSPS) is 11.2. The van der Waals surface area contributed by atoms with Gasteiger partial charge in [0.2, 0.25) is 0 Å². The molecule has 2 aromatic carbocycles. The van der Waals surface area contributed by atoms with Crippen LogP contribution in [-0.2, 0) is 11.2 Å². The molecule has 2 rings (SSSR count). The minimum atomic E-state index is -0.0948. The Labute approximate surface area is 128 Å². The van der Waals surface area contributed by atoms with E-state index in [1.165, 1.54) is 16.7 Å². The van der Waals surface area contributed by atoms with E-state index < -0.39 is 0 Å². The molecule has 0 saturated carbocycles. The van der Waals surface area contributed by atoms with Crippen molar-refractivity contribution in [3.05, 3.63) is 60.2 Å². The predicted octanol–water partition coefficient (Wildman–Crippen LogP) is 4.10. The third-order valence-corrected chi connectivity index (χ3v) is 3.34. The van der Waals surface area contributed by atoms with Gasteiger partial charge in [0, 0.05) is 0 Å². The van der Waals surface area contributed by atoms with Gasteiger partial charge in [0.25, 0.3) is 0 Å². The van der Waals surface area contributed by atoms with Gasteiger partial charge in [-0.1, -0.05) is 68.4 Å². The van der Waals surface area contributed by atoms with Gasteiger partial charge in [-0.15, -0.1) is 0 Å². The average Bonchev–Trinajstić information content (AvgIpc) is 2.55. The maximum Gasteiger partial charge on any atom is 0.147 e. The second kappa shape index (κ2) is 9.09. The molecule has 0 aliphatic carbocycles. The second-order valence-electron chi connectivity index (χ2n) is 4.72. The standard InChI is InChI=1S/C17H19NO.C2H6/c1-13(19)17(18-2)12-14-8-10-16(11-9-14)15-6-4-3-5-7-15;1-2/h3-11,17-18H,12H2,1-2H3;1-2H3. The monoisotopic (exact) mass is 283 g/mol. The summed E-state index contributed by atoms with van der Waals surface area (Å²) < 4.78 is 0. The Bertz CT molecular complexity index is 531. The molecule has 0 aromatic heterocycles. The molecule has 2 aromatic rings. The summed E-state index contributed by atoms with van der Waals surface area (Å²) in [6.07, 6.45) is 0.737. The Morgan fingerprint density at radius 3 is 1.95 bits per heavy atom. The van der Waals surface area contributed by atoms with E-state index in [2.05, 4.69) is 41.7 Å². The molecular formula is C19H25NO. The molecule has 0 saturated heterocycles. The molecule has 1 unspecified atom stereocenters. The zero-order chi connectivity index (χ0) is 15.7. The lowest BCUT2D eigenvalue weighted by atomic mass is 9.99. The lowest BCUT2D eigenvalue weighted by molar-refractivity contribution is -0.118. The number of ketones is 1. The number of nitrogens with one attached hydrogen (secondary N) is 1. The Morgan fingerprint density at radius 2 is 1.48 bits per heavy atom. The molecule has 0 bridgehead atoms. The zero-order valence-corrected chi connectivity index (χ0v) is 13.4. The van der Waals surface area contributed by atoms with Crippen molar-refractivity contribution in [3.63, 3.8) is 0 Å². The van der Waals surface area contributed by atoms with Crippen molar-refractivity contribution in [2.24, 2.45) is 0 Å². The van der Waals surface area contributed by atoms with Crippen LogP contribution in [0.5, 0.6) is 0 Å². The molecule has 0 fully saturated rings. The van der Waals surface area contributed by atoms with Gasteiger partial charge in [-0.25, -0.2) is 0 Å². The fourth-order valence-corrected chi connectivity index (χ4v) is 2.15. The van der Waals surface area contributed by atoms with Gasteiger partial charge in [0.1, 0.15) is 5.78 Å². The molecule has 2 nitrogen and oxygen atoms in total. The molecule has 0 aliphatic heterocycles. The highest BCUT2D eigenvalue weighted by atomic mass is 16.1. The number of rotatable bonds is 5. The van der Waals surface area contributed by atoms with Gasteiger partial charge in [0.15, 0.2) is 0 Å². The number of carbonyl (C=O) groups excluding carboxylic acids is 1. The summed E-state index contributed by atoms with van der Waals surface area (Å²) in [5, 5.41) is 3.05. The Balaban J connectivity index is 0.00000106. The highest BCUT2D eigenvalue weighted by molar-refractivity contribution is 5.81. The smallest absolute Gasteiger partial charge is 0.147 e. The maximum absolute atomic E-state index is 11.4. The van der Waals surface area contributed by atoms with Crippen molar-refractivity contribution in [2.45, 2.75) is 33.2 Å². The maximum atomic E-state index is 11.4. The summed E-state index contributed by atoms with van der Waals surface area (Å²) >= 11 is 0. The first-order valence-electron chi connectivity index (χ1n) is 7.53. The van der Waals surface area contributed by atoms with Crippen LogP contribution in [0.2, 0.25) is 0 Å². The molecule has 0 radical (unpaired) electrons. The quantitative estimate of drug-likeness (QED) is 0.895. The van der Waals surface area contributed by atoms with Crippen molar-refractivity contribution in [1.29, 1.82) is 0 Å².